The van der Waals surface area contributed by atoms with Crippen molar-refractivity contribution in [2.75, 3.05) is 70.3 Å². The maximum Gasteiger partial charge on any atom is 0.318 e. The highest BCUT2D eigenvalue weighted by Crippen LogP contribution is 2.31. The number of carbonyl (C=O) groups is 2. The molecule has 0 saturated carbocycles. The van der Waals surface area contributed by atoms with Gasteiger partial charge in [0.15, 0.2) is 0 Å². The first kappa shape index (κ1) is 29.6. The Morgan fingerprint density at radius 3 is 2.57 bits per heavy atom. The Hall–Kier alpha value is -4.50. The number of nitrogens with one attached hydrogen (secondary N) is 2. The molecule has 1 saturated heterocycles. The molecule has 6 rings (SSSR count). The van der Waals surface area contributed by atoms with Crippen LogP contribution in [0.15, 0.2) is 79.0 Å². The average Bonchev–Trinajstić information content (AvgIpc) is 3.46. The number of hydrogen-bond donors (Lipinski definition) is 2. The Kier molecular flexibility index (Phi) is 8.74. The summed E-state index contributed by atoms with van der Waals surface area (Å²) in [6.07, 6.45) is 3.29. The summed E-state index contributed by atoms with van der Waals surface area (Å²) >= 11 is 0. The predicted octanol–water partition coefficient (Wildman–Crippen LogP) is 4.39. The third kappa shape index (κ3) is 6.38. The molecule has 3 heterocycles. The Labute approximate surface area is 259 Å². The fourth-order valence-electron chi connectivity index (χ4n) is 6.65. The minimum Gasteiger partial charge on any atom is -0.497 e. The van der Waals surface area contributed by atoms with Gasteiger partial charge in [0.1, 0.15) is 11.8 Å². The minimum absolute atomic E-state index is 0.0745. The molecule has 44 heavy (non-hydrogen) atoms. The van der Waals surface area contributed by atoms with Crippen molar-refractivity contribution < 1.29 is 14.3 Å². The van der Waals surface area contributed by atoms with Gasteiger partial charge < -0.3 is 34.6 Å². The molecule has 3 aromatic carbocycles. The molecule has 0 bridgehead atoms. The lowest BCUT2D eigenvalue weighted by Gasteiger charge is -2.39. The van der Waals surface area contributed by atoms with E-state index in [0.29, 0.717) is 45.1 Å². The first-order chi connectivity index (χ1) is 21.4. The van der Waals surface area contributed by atoms with Gasteiger partial charge in [-0.25, -0.2) is 4.79 Å². The monoisotopic (exact) mass is 594 g/mol. The number of anilines is 2. The normalized spacial score (nSPS) is 17.5. The number of methoxy groups -OCH3 is 1. The van der Waals surface area contributed by atoms with Crippen LogP contribution >= 0.6 is 0 Å². The van der Waals surface area contributed by atoms with Crippen molar-refractivity contribution in [3.05, 3.63) is 90.1 Å². The smallest absolute Gasteiger partial charge is 0.318 e. The van der Waals surface area contributed by atoms with Crippen LogP contribution in [0.1, 0.15) is 11.1 Å². The number of nitrogens with zero attached hydrogens (tertiary/aromatic N) is 4. The summed E-state index contributed by atoms with van der Waals surface area (Å²) in [6, 6.07) is 23.3. The molecule has 0 radical (unpaired) electrons. The molecule has 0 aliphatic carbocycles. The lowest BCUT2D eigenvalue weighted by atomic mass is 9.91. The number of H-pyrrole nitrogens is 1. The van der Waals surface area contributed by atoms with Crippen LogP contribution in [0, 0.1) is 5.92 Å². The number of hydrogen-bond acceptors (Lipinski definition) is 5. The number of benzene rings is 3. The summed E-state index contributed by atoms with van der Waals surface area (Å²) < 4.78 is 5.40. The van der Waals surface area contributed by atoms with Crippen molar-refractivity contribution in [1.29, 1.82) is 0 Å². The molecule has 1 aromatic heterocycles. The summed E-state index contributed by atoms with van der Waals surface area (Å²) in [5.41, 5.74) is 5.22. The summed E-state index contributed by atoms with van der Waals surface area (Å²) in [6.45, 7) is 4.03. The van der Waals surface area contributed by atoms with Crippen molar-refractivity contribution in [1.82, 2.24) is 20.1 Å². The number of fused-ring (bicyclic) bond motifs is 2. The second-order valence-electron chi connectivity index (χ2n) is 12.2. The molecular formula is C35H42N6O3. The second kappa shape index (κ2) is 13.0. The first-order valence-corrected chi connectivity index (χ1v) is 15.4. The van der Waals surface area contributed by atoms with Crippen LogP contribution in [0.25, 0.3) is 10.9 Å². The van der Waals surface area contributed by atoms with Gasteiger partial charge in [-0.1, -0.05) is 42.5 Å². The van der Waals surface area contributed by atoms with Gasteiger partial charge >= 0.3 is 6.03 Å². The Bertz CT molecular complexity index is 1610. The Balaban J connectivity index is 1.23. The zero-order valence-electron chi connectivity index (χ0n) is 25.8. The van der Waals surface area contributed by atoms with E-state index in [1.165, 1.54) is 5.56 Å². The number of ether oxygens (including phenoxy) is 1. The molecule has 2 atom stereocenters. The summed E-state index contributed by atoms with van der Waals surface area (Å²) in [5, 5.41) is 4.24. The third-order valence-electron chi connectivity index (χ3n) is 8.80. The van der Waals surface area contributed by atoms with E-state index in [9.17, 15) is 9.59 Å². The third-order valence-corrected chi connectivity index (χ3v) is 8.80. The lowest BCUT2D eigenvalue weighted by molar-refractivity contribution is -0.120. The molecule has 230 valence electrons. The highest BCUT2D eigenvalue weighted by atomic mass is 16.5. The molecule has 4 aromatic rings. The fourth-order valence-corrected chi connectivity index (χ4v) is 6.65. The molecule has 2 aliphatic rings. The SMILES string of the molecule is COc1cccc(N2CCN(C(=O)NC(Cc3c[nH]c4ccccc34)C(=O)N3CC(CN(C)C)Cc4ccccc43)CC2)c1. The van der Waals surface area contributed by atoms with Gasteiger partial charge in [0, 0.05) is 80.2 Å². The number of amides is 3. The van der Waals surface area contributed by atoms with Gasteiger partial charge in [-0.05, 0) is 61.8 Å². The van der Waals surface area contributed by atoms with Crippen LogP contribution in [0.4, 0.5) is 16.2 Å². The van der Waals surface area contributed by atoms with Gasteiger partial charge in [-0.2, -0.15) is 0 Å². The fraction of sp³-hybridized carbons (Fsp3) is 0.371. The zero-order valence-corrected chi connectivity index (χ0v) is 25.8. The van der Waals surface area contributed by atoms with Gasteiger partial charge in [0.2, 0.25) is 5.91 Å². The summed E-state index contributed by atoms with van der Waals surface area (Å²) in [7, 11) is 5.81. The second-order valence-corrected chi connectivity index (χ2v) is 12.2. The number of urea groups is 1. The molecule has 1 fully saturated rings. The minimum atomic E-state index is -0.718. The van der Waals surface area contributed by atoms with Crippen LogP contribution in [-0.2, 0) is 17.6 Å². The number of aromatic nitrogens is 1. The highest BCUT2D eigenvalue weighted by Gasteiger charge is 2.35. The number of piperazine rings is 1. The number of aromatic amines is 1. The molecule has 3 amide bonds. The Morgan fingerprint density at radius 2 is 1.77 bits per heavy atom. The number of para-hydroxylation sites is 2. The van der Waals surface area contributed by atoms with E-state index in [1.54, 1.807) is 7.11 Å². The molecule has 2 unspecified atom stereocenters. The quantitative estimate of drug-likeness (QED) is 0.316. The largest absolute Gasteiger partial charge is 0.497 e. The van der Waals surface area contributed by atoms with Gasteiger partial charge in [0.25, 0.3) is 0 Å². The molecule has 9 heteroatoms. The van der Waals surface area contributed by atoms with Crippen molar-refractivity contribution in [3.8, 4) is 5.75 Å². The highest BCUT2D eigenvalue weighted by molar-refractivity contribution is 6.00. The van der Waals surface area contributed by atoms with E-state index in [-0.39, 0.29) is 11.9 Å². The van der Waals surface area contributed by atoms with Gasteiger partial charge in [-0.3, -0.25) is 4.79 Å². The Morgan fingerprint density at radius 1 is 1.00 bits per heavy atom. The van der Waals surface area contributed by atoms with Crippen molar-refractivity contribution in [3.63, 3.8) is 0 Å². The van der Waals surface area contributed by atoms with Crippen LogP contribution < -0.4 is 19.9 Å². The number of rotatable bonds is 8. The topological polar surface area (TPSA) is 84.1 Å². The number of carbonyl (C=O) groups excluding carboxylic acids is 2. The van der Waals surface area contributed by atoms with Gasteiger partial charge in [0.05, 0.1) is 7.11 Å². The van der Waals surface area contributed by atoms with E-state index >= 15 is 0 Å². The van der Waals surface area contributed by atoms with E-state index in [4.69, 9.17) is 4.74 Å². The van der Waals surface area contributed by atoms with E-state index < -0.39 is 6.04 Å². The average molecular weight is 595 g/mol. The van der Waals surface area contributed by atoms with E-state index in [0.717, 1.165) is 46.6 Å². The molecule has 2 N–H and O–H groups in total. The van der Waals surface area contributed by atoms with E-state index in [1.807, 2.05) is 70.6 Å². The zero-order chi connectivity index (χ0) is 30.6. The van der Waals surface area contributed by atoms with Crippen LogP contribution in [-0.4, -0.2) is 93.2 Å². The maximum absolute atomic E-state index is 14.5. The van der Waals surface area contributed by atoms with Crippen LogP contribution in [0.5, 0.6) is 5.75 Å². The van der Waals surface area contributed by atoms with Crippen LogP contribution in [0.3, 0.4) is 0 Å². The molecule has 9 nitrogen and oxygen atoms in total. The first-order valence-electron chi connectivity index (χ1n) is 15.4. The predicted molar refractivity (Wildman–Crippen MR) is 176 cm³/mol. The molecule has 2 aliphatic heterocycles. The lowest BCUT2D eigenvalue weighted by Crippen LogP contribution is -2.58. The molecule has 0 spiro atoms. The van der Waals surface area contributed by atoms with Crippen LogP contribution in [0.2, 0.25) is 0 Å². The standard InChI is InChI=1S/C35H42N6O3/c1-38(2)23-25-19-26-9-4-7-14-33(26)41(24-25)34(42)32(20-27-22-36-31-13-6-5-12-30(27)31)37-35(43)40-17-15-39(16-18-40)28-10-8-11-29(21-28)44-3/h4-14,21-22,25,32,36H,15-20,23-24H2,1-3H3,(H,37,43). The van der Waals surface area contributed by atoms with Gasteiger partial charge in [-0.15, -0.1) is 0 Å². The van der Waals surface area contributed by atoms with Crippen molar-refractivity contribution >= 4 is 34.2 Å². The van der Waals surface area contributed by atoms with Crippen molar-refractivity contribution in [2.45, 2.75) is 18.9 Å². The summed E-state index contributed by atoms with van der Waals surface area (Å²) in [4.78, 5) is 39.8. The van der Waals surface area contributed by atoms with Crippen molar-refractivity contribution in [2.24, 2.45) is 5.92 Å². The molecular weight excluding hydrogens is 552 g/mol. The van der Waals surface area contributed by atoms with E-state index in [2.05, 4.69) is 52.4 Å². The summed E-state index contributed by atoms with van der Waals surface area (Å²) in [5.74, 6) is 1.04. The maximum atomic E-state index is 14.5.